The van der Waals surface area contributed by atoms with Gasteiger partial charge in [-0.25, -0.2) is 0 Å². The maximum Gasteiger partial charge on any atom is 0.0863 e. The van der Waals surface area contributed by atoms with E-state index in [1.54, 1.807) is 0 Å². The third-order valence-corrected chi connectivity index (χ3v) is 4.25. The van der Waals surface area contributed by atoms with Crippen molar-refractivity contribution in [1.82, 2.24) is 15.1 Å². The minimum absolute atomic E-state index is 0.284. The zero-order valence-electron chi connectivity index (χ0n) is 13.3. The van der Waals surface area contributed by atoms with Gasteiger partial charge in [-0.05, 0) is 32.8 Å². The lowest BCUT2D eigenvalue weighted by Gasteiger charge is -2.15. The maximum absolute atomic E-state index is 6.44. The molecule has 1 N–H and O–H groups in total. The van der Waals surface area contributed by atoms with Crippen LogP contribution in [-0.4, -0.2) is 9.78 Å². The van der Waals surface area contributed by atoms with Gasteiger partial charge in [0.15, 0.2) is 0 Å². The molecule has 0 amide bonds. The van der Waals surface area contributed by atoms with E-state index >= 15 is 0 Å². The van der Waals surface area contributed by atoms with E-state index in [-0.39, 0.29) is 6.04 Å². The lowest BCUT2D eigenvalue weighted by atomic mass is 10.1. The van der Waals surface area contributed by atoms with Crippen LogP contribution in [-0.2, 0) is 19.5 Å². The molecule has 1 heterocycles. The second-order valence-corrected chi connectivity index (χ2v) is 5.77. The molecule has 3 nitrogen and oxygen atoms in total. The third kappa shape index (κ3) is 3.66. The molecule has 0 aliphatic carbocycles. The van der Waals surface area contributed by atoms with Gasteiger partial charge in [0, 0.05) is 19.1 Å². The summed E-state index contributed by atoms with van der Waals surface area (Å²) in [5.41, 5.74) is 4.64. The van der Waals surface area contributed by atoms with Crippen molar-refractivity contribution in [3.8, 4) is 0 Å². The number of rotatable bonds is 6. The minimum Gasteiger partial charge on any atom is -0.305 e. The summed E-state index contributed by atoms with van der Waals surface area (Å²) in [6.07, 6.45) is 0.867. The van der Waals surface area contributed by atoms with E-state index in [2.05, 4.69) is 62.4 Å². The topological polar surface area (TPSA) is 29.9 Å². The van der Waals surface area contributed by atoms with Crippen molar-refractivity contribution < 1.29 is 0 Å². The van der Waals surface area contributed by atoms with Crippen molar-refractivity contribution in [1.29, 1.82) is 0 Å². The van der Waals surface area contributed by atoms with E-state index in [1.165, 1.54) is 11.1 Å². The van der Waals surface area contributed by atoms with E-state index in [9.17, 15) is 0 Å². The SMILES string of the molecule is CCc1nn(CC)c(CN[C@H](C)c2cccc(C)c2)c1Cl. The molecule has 0 fully saturated rings. The molecule has 0 saturated carbocycles. The number of hydrogen-bond donors (Lipinski definition) is 1. The Kier molecular flexibility index (Phi) is 5.43. The van der Waals surface area contributed by atoms with Gasteiger partial charge in [0.05, 0.1) is 16.4 Å². The Hall–Kier alpha value is -1.32. The first kappa shape index (κ1) is 16.1. The molecule has 0 unspecified atom stereocenters. The van der Waals surface area contributed by atoms with E-state index in [4.69, 9.17) is 11.6 Å². The Morgan fingerprint density at radius 3 is 2.71 bits per heavy atom. The lowest BCUT2D eigenvalue weighted by Crippen LogP contribution is -2.20. The van der Waals surface area contributed by atoms with Crippen LogP contribution in [0.15, 0.2) is 24.3 Å². The number of benzene rings is 1. The molecular weight excluding hydrogens is 282 g/mol. The number of aryl methyl sites for hydroxylation is 3. The second-order valence-electron chi connectivity index (χ2n) is 5.39. The Labute approximate surface area is 132 Å². The minimum atomic E-state index is 0.284. The molecule has 1 atom stereocenters. The second kappa shape index (κ2) is 7.10. The first-order valence-electron chi connectivity index (χ1n) is 7.60. The summed E-state index contributed by atoms with van der Waals surface area (Å²) in [4.78, 5) is 0. The first-order valence-corrected chi connectivity index (χ1v) is 7.98. The molecule has 0 bridgehead atoms. The van der Waals surface area contributed by atoms with Gasteiger partial charge < -0.3 is 5.32 Å². The molecule has 0 spiro atoms. The molecule has 0 aliphatic heterocycles. The summed E-state index contributed by atoms with van der Waals surface area (Å²) in [5.74, 6) is 0. The van der Waals surface area contributed by atoms with E-state index in [0.717, 1.165) is 35.9 Å². The lowest BCUT2D eigenvalue weighted by molar-refractivity contribution is 0.530. The predicted octanol–water partition coefficient (Wildman–Crippen LogP) is 4.28. The molecule has 2 rings (SSSR count). The van der Waals surface area contributed by atoms with Crippen LogP contribution in [0.25, 0.3) is 0 Å². The van der Waals surface area contributed by atoms with E-state index in [1.807, 2.05) is 4.68 Å². The average molecular weight is 306 g/mol. The molecule has 0 saturated heterocycles. The van der Waals surface area contributed by atoms with Gasteiger partial charge in [-0.15, -0.1) is 0 Å². The number of nitrogens with one attached hydrogen (secondary N) is 1. The van der Waals surface area contributed by atoms with Crippen LogP contribution in [0.4, 0.5) is 0 Å². The number of hydrogen-bond acceptors (Lipinski definition) is 2. The fraction of sp³-hybridized carbons (Fsp3) is 0.471. The van der Waals surface area contributed by atoms with Gasteiger partial charge in [-0.2, -0.15) is 5.10 Å². The summed E-state index contributed by atoms with van der Waals surface area (Å²) < 4.78 is 2.00. The van der Waals surface area contributed by atoms with Crippen molar-refractivity contribution in [3.05, 3.63) is 51.8 Å². The molecule has 1 aromatic carbocycles. The quantitative estimate of drug-likeness (QED) is 0.863. The van der Waals surface area contributed by atoms with Gasteiger partial charge in [0.1, 0.15) is 0 Å². The Morgan fingerprint density at radius 2 is 2.10 bits per heavy atom. The zero-order valence-corrected chi connectivity index (χ0v) is 14.0. The molecular formula is C17H24ClN3. The van der Waals surface area contributed by atoms with Crippen LogP contribution in [0.3, 0.4) is 0 Å². The van der Waals surface area contributed by atoms with Crippen LogP contribution >= 0.6 is 11.6 Å². The van der Waals surface area contributed by atoms with Gasteiger partial charge in [-0.1, -0.05) is 48.4 Å². The van der Waals surface area contributed by atoms with Crippen LogP contribution in [0, 0.1) is 6.92 Å². The van der Waals surface area contributed by atoms with Gasteiger partial charge in [-0.3, -0.25) is 4.68 Å². The van der Waals surface area contributed by atoms with Gasteiger partial charge in [0.2, 0.25) is 0 Å². The molecule has 2 aromatic rings. The highest BCUT2D eigenvalue weighted by atomic mass is 35.5. The predicted molar refractivity (Wildman–Crippen MR) is 88.7 cm³/mol. The Morgan fingerprint density at radius 1 is 1.33 bits per heavy atom. The smallest absolute Gasteiger partial charge is 0.0863 e. The highest BCUT2D eigenvalue weighted by molar-refractivity contribution is 6.31. The van der Waals surface area contributed by atoms with Crippen LogP contribution in [0.1, 0.15) is 49.3 Å². The maximum atomic E-state index is 6.44. The highest BCUT2D eigenvalue weighted by Crippen LogP contribution is 2.22. The van der Waals surface area contributed by atoms with E-state index < -0.39 is 0 Å². The van der Waals surface area contributed by atoms with Crippen LogP contribution in [0.5, 0.6) is 0 Å². The van der Waals surface area contributed by atoms with E-state index in [0.29, 0.717) is 0 Å². The van der Waals surface area contributed by atoms with Gasteiger partial charge in [0.25, 0.3) is 0 Å². The molecule has 21 heavy (non-hydrogen) atoms. The van der Waals surface area contributed by atoms with Crippen molar-refractivity contribution in [2.24, 2.45) is 0 Å². The van der Waals surface area contributed by atoms with Crippen molar-refractivity contribution in [2.75, 3.05) is 0 Å². The zero-order chi connectivity index (χ0) is 15.4. The Balaban J connectivity index is 2.11. The molecule has 0 aliphatic rings. The third-order valence-electron chi connectivity index (χ3n) is 3.81. The molecule has 0 radical (unpaired) electrons. The number of aromatic nitrogens is 2. The number of halogens is 1. The summed E-state index contributed by atoms with van der Waals surface area (Å²) in [5, 5.41) is 8.91. The summed E-state index contributed by atoms with van der Waals surface area (Å²) in [6, 6.07) is 8.87. The normalized spacial score (nSPS) is 12.6. The average Bonchev–Trinajstić information content (AvgIpc) is 2.80. The first-order chi connectivity index (χ1) is 10.1. The largest absolute Gasteiger partial charge is 0.305 e. The monoisotopic (exact) mass is 305 g/mol. The van der Waals surface area contributed by atoms with Crippen molar-refractivity contribution in [2.45, 2.75) is 53.2 Å². The molecule has 114 valence electrons. The van der Waals surface area contributed by atoms with Crippen LogP contribution in [0.2, 0.25) is 5.02 Å². The fourth-order valence-corrected chi connectivity index (χ4v) is 2.83. The standard InChI is InChI=1S/C17H24ClN3/c1-5-15-17(18)16(21(6-2)20-15)11-19-13(4)14-9-7-8-12(3)10-14/h7-10,13,19H,5-6,11H2,1-4H3/t13-/m1/s1. The summed E-state index contributed by atoms with van der Waals surface area (Å²) in [7, 11) is 0. The molecule has 1 aromatic heterocycles. The molecule has 4 heteroatoms. The highest BCUT2D eigenvalue weighted by Gasteiger charge is 2.15. The summed E-state index contributed by atoms with van der Waals surface area (Å²) in [6.45, 7) is 10.0. The van der Waals surface area contributed by atoms with Crippen LogP contribution < -0.4 is 5.32 Å². The fourth-order valence-electron chi connectivity index (χ4n) is 2.49. The Bertz CT molecular complexity index is 604. The number of nitrogens with zero attached hydrogens (tertiary/aromatic N) is 2. The van der Waals surface area contributed by atoms with Crippen molar-refractivity contribution in [3.63, 3.8) is 0 Å². The summed E-state index contributed by atoms with van der Waals surface area (Å²) >= 11 is 6.44. The van der Waals surface area contributed by atoms with Crippen molar-refractivity contribution >= 4 is 11.6 Å². The van der Waals surface area contributed by atoms with Gasteiger partial charge >= 0.3 is 0 Å².